The number of fused-ring (bicyclic) bond motifs is 6. The third kappa shape index (κ3) is 4.79. The minimum Gasteiger partial charge on any atom is -0.310 e. The molecule has 1 nitrogen and oxygen atoms in total. The summed E-state index contributed by atoms with van der Waals surface area (Å²) in [5.74, 6) is 0. The zero-order chi connectivity index (χ0) is 35.6. The summed E-state index contributed by atoms with van der Waals surface area (Å²) in [7, 11) is -1.17. The normalized spacial score (nSPS) is 14.8. The topological polar surface area (TPSA) is 3.24 Å². The van der Waals surface area contributed by atoms with Gasteiger partial charge in [-0.3, -0.25) is 0 Å². The van der Waals surface area contributed by atoms with Crippen LogP contribution >= 0.6 is 10.0 Å². The molecular weight excluding hydrogens is 659 g/mol. The lowest BCUT2D eigenvalue weighted by Crippen LogP contribution is -2.28. The monoisotopic (exact) mass is 697 g/mol. The van der Waals surface area contributed by atoms with E-state index >= 15 is 0 Å². The van der Waals surface area contributed by atoms with Crippen LogP contribution in [-0.2, 0) is 5.41 Å². The van der Waals surface area contributed by atoms with E-state index in [2.05, 4.69) is 218 Å². The van der Waals surface area contributed by atoms with Crippen molar-refractivity contribution in [1.82, 2.24) is 0 Å². The molecule has 0 bridgehead atoms. The molecule has 53 heavy (non-hydrogen) atoms. The van der Waals surface area contributed by atoms with Crippen molar-refractivity contribution in [1.29, 1.82) is 0 Å². The largest absolute Gasteiger partial charge is 0.310 e. The summed E-state index contributed by atoms with van der Waals surface area (Å²) < 4.78 is 0. The van der Waals surface area contributed by atoms with Gasteiger partial charge in [0.15, 0.2) is 0 Å². The third-order valence-electron chi connectivity index (χ3n) is 11.5. The Morgan fingerprint density at radius 3 is 1.45 bits per heavy atom. The Morgan fingerprint density at radius 1 is 0.358 bits per heavy atom. The van der Waals surface area contributed by atoms with E-state index in [0.29, 0.717) is 0 Å². The average Bonchev–Trinajstić information content (AvgIpc) is 3.65. The van der Waals surface area contributed by atoms with Crippen molar-refractivity contribution in [2.75, 3.05) is 17.4 Å². The van der Waals surface area contributed by atoms with Gasteiger partial charge in [-0.1, -0.05) is 158 Å². The van der Waals surface area contributed by atoms with E-state index in [9.17, 15) is 0 Å². The van der Waals surface area contributed by atoms with Crippen LogP contribution in [0.1, 0.15) is 22.3 Å². The zero-order valence-corrected chi connectivity index (χ0v) is 30.7. The van der Waals surface area contributed by atoms with Gasteiger partial charge in [0.05, 0.1) is 5.41 Å². The highest BCUT2D eigenvalue weighted by Gasteiger charge is 2.45. The van der Waals surface area contributed by atoms with Gasteiger partial charge in [0.1, 0.15) is 0 Å². The molecule has 0 radical (unpaired) electrons. The molecule has 1 aliphatic carbocycles. The molecule has 254 valence electrons. The van der Waals surface area contributed by atoms with E-state index in [4.69, 9.17) is 0 Å². The number of hydrogen-bond donors (Lipinski definition) is 0. The number of benzene rings is 8. The smallest absolute Gasteiger partial charge is 0.0713 e. The first kappa shape index (κ1) is 31.6. The molecule has 0 saturated heterocycles. The SMILES string of the molecule is CS1(C)c2ccccc2-c2ccc(N(c3ccc(-c4ccccc4)cc3)c3ccc(C4(c5ccccc5)c5ccccc5-c5ccccc54)cc3)cc21. The number of rotatable bonds is 6. The lowest BCUT2D eigenvalue weighted by molar-refractivity contribution is 0.768. The second kappa shape index (κ2) is 12.3. The van der Waals surface area contributed by atoms with Gasteiger partial charge < -0.3 is 4.90 Å². The van der Waals surface area contributed by atoms with Gasteiger partial charge in [-0.05, 0) is 111 Å². The quantitative estimate of drug-likeness (QED) is 0.167. The molecule has 0 aromatic heterocycles. The molecule has 0 spiro atoms. The van der Waals surface area contributed by atoms with Gasteiger partial charge in [-0.15, -0.1) is 0 Å². The van der Waals surface area contributed by atoms with Crippen molar-refractivity contribution < 1.29 is 0 Å². The maximum Gasteiger partial charge on any atom is 0.0713 e. The van der Waals surface area contributed by atoms with Crippen LogP contribution in [0.3, 0.4) is 0 Å². The Morgan fingerprint density at radius 2 is 0.811 bits per heavy atom. The summed E-state index contributed by atoms with van der Waals surface area (Å²) in [6, 6.07) is 74.1. The summed E-state index contributed by atoms with van der Waals surface area (Å²) in [5, 5.41) is 0. The van der Waals surface area contributed by atoms with Crippen molar-refractivity contribution in [3.8, 4) is 33.4 Å². The Labute approximate surface area is 314 Å². The van der Waals surface area contributed by atoms with Crippen molar-refractivity contribution in [2.24, 2.45) is 0 Å². The van der Waals surface area contributed by atoms with Crippen molar-refractivity contribution >= 4 is 27.1 Å². The predicted octanol–water partition coefficient (Wildman–Crippen LogP) is 13.6. The first-order valence-electron chi connectivity index (χ1n) is 18.3. The van der Waals surface area contributed by atoms with Gasteiger partial charge in [-0.25, -0.2) is 0 Å². The predicted molar refractivity (Wildman–Crippen MR) is 225 cm³/mol. The first-order chi connectivity index (χ1) is 26.0. The molecule has 8 aromatic rings. The standard InChI is InChI=1S/C51H39NS/c1-53(2)49-24-14-11-21-45(49)46-34-33-42(35-50(46)53)52(40-29-25-37(26-30-40)36-15-5-3-6-16-36)41-31-27-39(28-32-41)51(38-17-7-4-8-18-38)47-22-12-9-19-43(47)44-20-10-13-23-48(44)51/h3-35H,1-2H3. The van der Waals surface area contributed by atoms with Crippen molar-refractivity contribution in [3.63, 3.8) is 0 Å². The van der Waals surface area contributed by atoms with Gasteiger partial charge in [-0.2, -0.15) is 10.0 Å². The maximum absolute atomic E-state index is 2.46. The first-order valence-corrected chi connectivity index (χ1v) is 20.8. The molecule has 0 N–H and O–H groups in total. The molecule has 0 amide bonds. The fourth-order valence-electron chi connectivity index (χ4n) is 9.00. The molecule has 8 aromatic carbocycles. The third-order valence-corrected chi connectivity index (χ3v) is 14.3. The van der Waals surface area contributed by atoms with Crippen LogP contribution in [0.25, 0.3) is 33.4 Å². The minimum absolute atomic E-state index is 0.429. The van der Waals surface area contributed by atoms with Gasteiger partial charge >= 0.3 is 0 Å². The van der Waals surface area contributed by atoms with Crippen LogP contribution in [0.4, 0.5) is 17.1 Å². The Bertz CT molecular complexity index is 2580. The second-order valence-corrected chi connectivity index (χ2v) is 18.0. The fraction of sp³-hybridized carbons (Fsp3) is 0.0588. The minimum atomic E-state index is -1.17. The van der Waals surface area contributed by atoms with Crippen LogP contribution < -0.4 is 4.90 Å². The molecule has 0 saturated carbocycles. The molecule has 0 atom stereocenters. The molecule has 10 rings (SSSR count). The molecule has 1 heterocycles. The van der Waals surface area contributed by atoms with E-state index in [1.54, 1.807) is 0 Å². The summed E-state index contributed by atoms with van der Waals surface area (Å²) in [6.45, 7) is 0. The Hall–Kier alpha value is -6.09. The fourth-order valence-corrected chi connectivity index (χ4v) is 11.5. The summed E-state index contributed by atoms with van der Waals surface area (Å²) in [6.07, 6.45) is 4.88. The Balaban J connectivity index is 1.14. The Kier molecular flexibility index (Phi) is 7.32. The van der Waals surface area contributed by atoms with Crippen molar-refractivity contribution in [3.05, 3.63) is 222 Å². The highest BCUT2D eigenvalue weighted by Crippen LogP contribution is 2.68. The van der Waals surface area contributed by atoms with Crippen LogP contribution in [0.15, 0.2) is 210 Å². The summed E-state index contributed by atoms with van der Waals surface area (Å²) in [4.78, 5) is 5.35. The molecule has 0 fully saturated rings. The molecule has 0 unspecified atom stereocenters. The van der Waals surface area contributed by atoms with Crippen LogP contribution in [0, 0.1) is 0 Å². The molecule has 2 aliphatic rings. The number of nitrogens with zero attached hydrogens (tertiary/aromatic N) is 1. The van der Waals surface area contributed by atoms with E-state index in [0.717, 1.165) is 11.4 Å². The lowest BCUT2D eigenvalue weighted by atomic mass is 9.68. The van der Waals surface area contributed by atoms with Gasteiger partial charge in [0, 0.05) is 26.9 Å². The van der Waals surface area contributed by atoms with Crippen molar-refractivity contribution in [2.45, 2.75) is 15.2 Å². The maximum atomic E-state index is 2.46. The van der Waals surface area contributed by atoms with E-state index in [1.807, 2.05) is 0 Å². The highest BCUT2D eigenvalue weighted by molar-refractivity contribution is 8.33. The molecule has 1 aliphatic heterocycles. The number of anilines is 3. The molecule has 2 heteroatoms. The second-order valence-electron chi connectivity index (χ2n) is 14.5. The van der Waals surface area contributed by atoms with E-state index in [1.165, 1.54) is 71.1 Å². The van der Waals surface area contributed by atoms with Gasteiger partial charge in [0.25, 0.3) is 0 Å². The van der Waals surface area contributed by atoms with E-state index in [-0.39, 0.29) is 0 Å². The van der Waals surface area contributed by atoms with Gasteiger partial charge in [0.2, 0.25) is 0 Å². The summed E-state index contributed by atoms with van der Waals surface area (Å²) in [5.41, 5.74) is 16.0. The molecular formula is C51H39NS. The highest BCUT2D eigenvalue weighted by atomic mass is 32.3. The van der Waals surface area contributed by atoms with E-state index < -0.39 is 15.4 Å². The summed E-state index contributed by atoms with van der Waals surface area (Å²) >= 11 is 0. The lowest BCUT2D eigenvalue weighted by Gasteiger charge is -2.34. The van der Waals surface area contributed by atoms with Crippen LogP contribution in [0.2, 0.25) is 0 Å². The average molecular weight is 698 g/mol. The number of hydrogen-bond acceptors (Lipinski definition) is 1. The van der Waals surface area contributed by atoms with Crippen LogP contribution in [-0.4, -0.2) is 12.5 Å². The zero-order valence-electron chi connectivity index (χ0n) is 29.9. The van der Waals surface area contributed by atoms with Crippen LogP contribution in [0.5, 0.6) is 0 Å².